The van der Waals surface area contributed by atoms with Crippen LogP contribution in [-0.4, -0.2) is 11.6 Å². The third kappa shape index (κ3) is 3.80. The third-order valence-corrected chi connectivity index (χ3v) is 3.26. The molecule has 96 valence electrons. The number of carbonyl (C=O) groups is 1. The Labute approximate surface area is 116 Å². The van der Waals surface area contributed by atoms with Crippen LogP contribution in [0.4, 0.5) is 10.5 Å². The van der Waals surface area contributed by atoms with Crippen molar-refractivity contribution < 1.29 is 4.79 Å². The van der Waals surface area contributed by atoms with Crippen LogP contribution >= 0.6 is 23.2 Å². The van der Waals surface area contributed by atoms with E-state index >= 15 is 0 Å². The van der Waals surface area contributed by atoms with Gasteiger partial charge in [-0.15, -0.1) is 0 Å². The molecule has 1 aromatic rings. The zero-order valence-electron chi connectivity index (χ0n) is 10.1. The molecule has 0 saturated heterocycles. The predicted octanol–water partition coefficient (Wildman–Crippen LogP) is 3.81. The number of hydrogen-bond acceptors (Lipinski definition) is 2. The van der Waals surface area contributed by atoms with Crippen molar-refractivity contribution >= 4 is 34.9 Å². The highest BCUT2D eigenvalue weighted by atomic mass is 35.5. The Morgan fingerprint density at radius 1 is 1.44 bits per heavy atom. The summed E-state index contributed by atoms with van der Waals surface area (Å²) in [7, 11) is 0. The lowest BCUT2D eigenvalue weighted by molar-refractivity contribution is 0.244. The Morgan fingerprint density at radius 2 is 2.11 bits per heavy atom. The fourth-order valence-corrected chi connectivity index (χ4v) is 1.48. The molecule has 1 rings (SSSR count). The molecule has 1 aromatic carbocycles. The van der Waals surface area contributed by atoms with Gasteiger partial charge in [0.05, 0.1) is 16.1 Å². The van der Waals surface area contributed by atoms with Crippen LogP contribution in [0.5, 0.6) is 0 Å². The molecule has 0 aliphatic rings. The number of carbonyl (C=O) groups excluding carboxylic acids is 1. The second-order valence-electron chi connectivity index (χ2n) is 4.01. The molecular weight excluding hydrogens is 273 g/mol. The molecule has 0 radical (unpaired) electrons. The zero-order valence-corrected chi connectivity index (χ0v) is 11.6. The van der Waals surface area contributed by atoms with Gasteiger partial charge < -0.3 is 10.6 Å². The topological polar surface area (TPSA) is 64.9 Å². The van der Waals surface area contributed by atoms with Gasteiger partial charge in [0.1, 0.15) is 5.54 Å². The van der Waals surface area contributed by atoms with Crippen molar-refractivity contribution in [3.05, 3.63) is 28.2 Å². The molecule has 0 spiro atoms. The van der Waals surface area contributed by atoms with Crippen LogP contribution in [0.1, 0.15) is 20.3 Å². The normalized spacial score (nSPS) is 13.3. The van der Waals surface area contributed by atoms with Gasteiger partial charge >= 0.3 is 6.03 Å². The van der Waals surface area contributed by atoms with E-state index in [4.69, 9.17) is 28.5 Å². The first-order valence-corrected chi connectivity index (χ1v) is 6.11. The average molecular weight is 286 g/mol. The lowest BCUT2D eigenvalue weighted by Crippen LogP contribution is -2.46. The van der Waals surface area contributed by atoms with Crippen molar-refractivity contribution in [2.75, 3.05) is 5.32 Å². The summed E-state index contributed by atoms with van der Waals surface area (Å²) in [6.07, 6.45) is 0.512. The molecule has 1 atom stereocenters. The molecule has 0 fully saturated rings. The molecule has 0 aromatic heterocycles. The molecule has 0 heterocycles. The molecule has 1 unspecified atom stereocenters. The summed E-state index contributed by atoms with van der Waals surface area (Å²) in [5.74, 6) is 0. The van der Waals surface area contributed by atoms with E-state index in [1.54, 1.807) is 25.1 Å². The number of anilines is 1. The predicted molar refractivity (Wildman–Crippen MR) is 72.9 cm³/mol. The highest BCUT2D eigenvalue weighted by molar-refractivity contribution is 6.42. The first-order chi connectivity index (χ1) is 8.40. The highest BCUT2D eigenvalue weighted by Crippen LogP contribution is 2.25. The Morgan fingerprint density at radius 3 is 2.61 bits per heavy atom. The largest absolute Gasteiger partial charge is 0.320 e. The number of nitrogens with zero attached hydrogens (tertiary/aromatic N) is 1. The minimum atomic E-state index is -0.889. The summed E-state index contributed by atoms with van der Waals surface area (Å²) in [6, 6.07) is 6.34. The molecule has 4 nitrogen and oxygen atoms in total. The number of hydrogen-bond donors (Lipinski definition) is 2. The zero-order chi connectivity index (χ0) is 13.8. The van der Waals surface area contributed by atoms with E-state index in [9.17, 15) is 4.79 Å². The molecule has 0 bridgehead atoms. The highest BCUT2D eigenvalue weighted by Gasteiger charge is 2.23. The first kappa shape index (κ1) is 14.6. The van der Waals surface area contributed by atoms with Gasteiger partial charge in [-0.05, 0) is 31.5 Å². The second-order valence-corrected chi connectivity index (χ2v) is 4.82. The van der Waals surface area contributed by atoms with Crippen LogP contribution in [0.3, 0.4) is 0 Å². The SMILES string of the molecule is CCC(C)(C#N)NC(=O)Nc1ccc(Cl)c(Cl)c1. The van der Waals surface area contributed by atoms with Gasteiger partial charge in [-0.3, -0.25) is 0 Å². The number of rotatable bonds is 3. The minimum absolute atomic E-state index is 0.355. The molecule has 2 N–H and O–H groups in total. The summed E-state index contributed by atoms with van der Waals surface area (Å²) < 4.78 is 0. The van der Waals surface area contributed by atoms with Gasteiger partial charge in [-0.2, -0.15) is 5.26 Å². The van der Waals surface area contributed by atoms with Gasteiger partial charge in [0.25, 0.3) is 0 Å². The molecule has 0 aliphatic carbocycles. The molecule has 0 saturated carbocycles. The standard InChI is InChI=1S/C12H13Cl2N3O/c1-3-12(2,7-15)17-11(18)16-8-4-5-9(13)10(14)6-8/h4-6H,3H2,1-2H3,(H2,16,17,18). The maximum atomic E-state index is 11.7. The summed E-state index contributed by atoms with van der Waals surface area (Å²) in [6.45, 7) is 3.48. The van der Waals surface area contributed by atoms with Crippen molar-refractivity contribution in [3.8, 4) is 6.07 Å². The van der Waals surface area contributed by atoms with Crippen LogP contribution in [0.15, 0.2) is 18.2 Å². The van der Waals surface area contributed by atoms with Crippen molar-refractivity contribution in [2.45, 2.75) is 25.8 Å². The van der Waals surface area contributed by atoms with E-state index < -0.39 is 11.6 Å². The maximum Gasteiger partial charge on any atom is 0.320 e. The summed E-state index contributed by atoms with van der Waals surface area (Å²) in [5, 5.41) is 14.9. The van der Waals surface area contributed by atoms with Crippen molar-refractivity contribution in [3.63, 3.8) is 0 Å². The van der Waals surface area contributed by atoms with Crippen LogP contribution in [0.2, 0.25) is 10.0 Å². The van der Waals surface area contributed by atoms with Gasteiger partial charge in [0, 0.05) is 5.69 Å². The smallest absolute Gasteiger partial charge is 0.320 e. The average Bonchev–Trinajstić information content (AvgIpc) is 2.33. The lowest BCUT2D eigenvalue weighted by atomic mass is 10.0. The molecule has 2 amide bonds. The Hall–Kier alpha value is -1.44. The number of benzene rings is 1. The number of urea groups is 1. The monoisotopic (exact) mass is 285 g/mol. The molecule has 6 heteroatoms. The fraction of sp³-hybridized carbons (Fsp3) is 0.333. The van der Waals surface area contributed by atoms with Crippen molar-refractivity contribution in [2.24, 2.45) is 0 Å². The fourth-order valence-electron chi connectivity index (χ4n) is 1.18. The van der Waals surface area contributed by atoms with E-state index in [-0.39, 0.29) is 0 Å². The first-order valence-electron chi connectivity index (χ1n) is 5.35. The third-order valence-electron chi connectivity index (χ3n) is 2.52. The van der Waals surface area contributed by atoms with Gasteiger partial charge in [0.15, 0.2) is 0 Å². The van der Waals surface area contributed by atoms with Crippen LogP contribution in [0, 0.1) is 11.3 Å². The van der Waals surface area contributed by atoms with Crippen LogP contribution in [0.25, 0.3) is 0 Å². The summed E-state index contributed by atoms with van der Waals surface area (Å²) in [5.41, 5.74) is -0.376. The van der Waals surface area contributed by atoms with E-state index in [0.29, 0.717) is 22.2 Å². The van der Waals surface area contributed by atoms with E-state index in [0.717, 1.165) is 0 Å². The molecular formula is C12H13Cl2N3O. The number of nitriles is 1. The van der Waals surface area contributed by atoms with E-state index in [2.05, 4.69) is 10.6 Å². The van der Waals surface area contributed by atoms with Crippen molar-refractivity contribution in [1.82, 2.24) is 5.32 Å². The van der Waals surface area contributed by atoms with Gasteiger partial charge in [-0.1, -0.05) is 30.1 Å². The maximum absolute atomic E-state index is 11.7. The number of nitrogens with one attached hydrogen (secondary N) is 2. The second kappa shape index (κ2) is 5.94. The summed E-state index contributed by atoms with van der Waals surface area (Å²) >= 11 is 11.6. The Bertz CT molecular complexity index is 499. The number of halogens is 2. The Balaban J connectivity index is 2.71. The lowest BCUT2D eigenvalue weighted by Gasteiger charge is -2.21. The van der Waals surface area contributed by atoms with Crippen LogP contribution in [-0.2, 0) is 0 Å². The van der Waals surface area contributed by atoms with E-state index in [1.807, 2.05) is 13.0 Å². The van der Waals surface area contributed by atoms with Gasteiger partial charge in [-0.25, -0.2) is 4.79 Å². The van der Waals surface area contributed by atoms with Crippen molar-refractivity contribution in [1.29, 1.82) is 5.26 Å². The van der Waals surface area contributed by atoms with E-state index in [1.165, 1.54) is 0 Å². The Kier molecular flexibility index (Phi) is 4.83. The van der Waals surface area contributed by atoms with Crippen LogP contribution < -0.4 is 10.6 Å². The quantitative estimate of drug-likeness (QED) is 0.887. The molecule has 18 heavy (non-hydrogen) atoms. The molecule has 0 aliphatic heterocycles. The van der Waals surface area contributed by atoms with Gasteiger partial charge in [0.2, 0.25) is 0 Å². The minimum Gasteiger partial charge on any atom is -0.320 e. The number of amides is 2. The summed E-state index contributed by atoms with van der Waals surface area (Å²) in [4.78, 5) is 11.7.